The van der Waals surface area contributed by atoms with E-state index in [1.807, 2.05) is 23.1 Å². The van der Waals surface area contributed by atoms with Crippen molar-refractivity contribution in [1.82, 2.24) is 15.1 Å². The Balaban J connectivity index is 1.41. The van der Waals surface area contributed by atoms with Gasteiger partial charge in [0, 0.05) is 49.5 Å². The molecule has 1 aromatic heterocycles. The van der Waals surface area contributed by atoms with Gasteiger partial charge in [-0.25, -0.2) is 4.79 Å². The van der Waals surface area contributed by atoms with Crippen LogP contribution in [0.1, 0.15) is 22.4 Å². The molecular formula is C19H22ClN3O2S. The van der Waals surface area contributed by atoms with Crippen LogP contribution in [0.15, 0.2) is 35.7 Å². The van der Waals surface area contributed by atoms with Gasteiger partial charge in [0.15, 0.2) is 0 Å². The third-order valence-corrected chi connectivity index (χ3v) is 5.69. The standard InChI is InChI=1S/C19H22ClN3O2S/c1-22(12-14-3-2-4-16(20)11-14)19(25)21-8-5-18(24)23-9-6-17-15(13-23)7-10-26-17/h2-4,7,10-11H,5-6,8-9,12-13H2,1H3,(H,21,25). The van der Waals surface area contributed by atoms with Crippen LogP contribution in [0, 0.1) is 0 Å². The number of halogens is 1. The van der Waals surface area contributed by atoms with Gasteiger partial charge in [0.1, 0.15) is 0 Å². The van der Waals surface area contributed by atoms with Crippen LogP contribution < -0.4 is 5.32 Å². The zero-order valence-electron chi connectivity index (χ0n) is 14.7. The summed E-state index contributed by atoms with van der Waals surface area (Å²) in [5.41, 5.74) is 2.21. The Hall–Kier alpha value is -2.05. The quantitative estimate of drug-likeness (QED) is 0.847. The first-order valence-electron chi connectivity index (χ1n) is 8.59. The van der Waals surface area contributed by atoms with Crippen LogP contribution in [0.2, 0.25) is 5.02 Å². The predicted molar refractivity (Wildman–Crippen MR) is 104 cm³/mol. The van der Waals surface area contributed by atoms with Gasteiger partial charge < -0.3 is 15.1 Å². The molecule has 0 unspecified atom stereocenters. The lowest BCUT2D eigenvalue weighted by atomic mass is 10.1. The molecule has 138 valence electrons. The molecule has 0 radical (unpaired) electrons. The predicted octanol–water partition coefficient (Wildman–Crippen LogP) is 3.52. The summed E-state index contributed by atoms with van der Waals surface area (Å²) in [7, 11) is 1.72. The fourth-order valence-electron chi connectivity index (χ4n) is 3.01. The Kier molecular flexibility index (Phi) is 6.16. The smallest absolute Gasteiger partial charge is 0.317 e. The molecule has 2 heterocycles. The number of fused-ring (bicyclic) bond motifs is 1. The first-order chi connectivity index (χ1) is 12.5. The molecule has 7 heteroatoms. The molecule has 0 fully saturated rings. The van der Waals surface area contributed by atoms with Crippen molar-refractivity contribution in [3.63, 3.8) is 0 Å². The molecular weight excluding hydrogens is 370 g/mol. The van der Waals surface area contributed by atoms with Gasteiger partial charge >= 0.3 is 6.03 Å². The monoisotopic (exact) mass is 391 g/mol. The number of hydrogen-bond acceptors (Lipinski definition) is 3. The van der Waals surface area contributed by atoms with Crippen molar-refractivity contribution in [3.8, 4) is 0 Å². The molecule has 26 heavy (non-hydrogen) atoms. The summed E-state index contributed by atoms with van der Waals surface area (Å²) >= 11 is 7.72. The summed E-state index contributed by atoms with van der Waals surface area (Å²) in [6.45, 7) is 2.24. The molecule has 0 spiro atoms. The highest BCUT2D eigenvalue weighted by molar-refractivity contribution is 7.10. The fraction of sp³-hybridized carbons (Fsp3) is 0.368. The average molecular weight is 392 g/mol. The number of nitrogens with one attached hydrogen (secondary N) is 1. The van der Waals surface area contributed by atoms with Crippen LogP contribution in [0.4, 0.5) is 4.79 Å². The Morgan fingerprint density at radius 2 is 2.19 bits per heavy atom. The van der Waals surface area contributed by atoms with Crippen molar-refractivity contribution in [3.05, 3.63) is 56.7 Å². The van der Waals surface area contributed by atoms with Gasteiger partial charge in [-0.15, -0.1) is 11.3 Å². The number of carbonyl (C=O) groups is 2. The van der Waals surface area contributed by atoms with Crippen LogP contribution in [0.3, 0.4) is 0 Å². The topological polar surface area (TPSA) is 52.7 Å². The average Bonchev–Trinajstić information content (AvgIpc) is 3.09. The van der Waals surface area contributed by atoms with E-state index in [0.717, 1.165) is 18.5 Å². The van der Waals surface area contributed by atoms with E-state index in [1.165, 1.54) is 10.4 Å². The lowest BCUT2D eigenvalue weighted by Crippen LogP contribution is -2.40. The van der Waals surface area contributed by atoms with Crippen molar-refractivity contribution in [2.45, 2.75) is 25.9 Å². The van der Waals surface area contributed by atoms with Crippen LogP contribution in [0.5, 0.6) is 0 Å². The van der Waals surface area contributed by atoms with Gasteiger partial charge in [-0.05, 0) is 41.1 Å². The first-order valence-corrected chi connectivity index (χ1v) is 9.85. The maximum absolute atomic E-state index is 12.4. The second kappa shape index (κ2) is 8.56. The van der Waals surface area contributed by atoms with Gasteiger partial charge in [0.2, 0.25) is 5.91 Å². The lowest BCUT2D eigenvalue weighted by molar-refractivity contribution is -0.131. The molecule has 0 bridgehead atoms. The van der Waals surface area contributed by atoms with Gasteiger partial charge in [-0.3, -0.25) is 4.79 Å². The third kappa shape index (κ3) is 4.77. The van der Waals surface area contributed by atoms with E-state index in [2.05, 4.69) is 16.8 Å². The second-order valence-electron chi connectivity index (χ2n) is 6.40. The summed E-state index contributed by atoms with van der Waals surface area (Å²) in [6, 6.07) is 9.32. The molecule has 1 aromatic carbocycles. The number of amides is 3. The van der Waals surface area contributed by atoms with E-state index in [1.54, 1.807) is 29.4 Å². The fourth-order valence-corrected chi connectivity index (χ4v) is 4.11. The minimum atomic E-state index is -0.198. The van der Waals surface area contributed by atoms with E-state index >= 15 is 0 Å². The second-order valence-corrected chi connectivity index (χ2v) is 7.84. The summed E-state index contributed by atoms with van der Waals surface area (Å²) in [4.78, 5) is 29.4. The van der Waals surface area contributed by atoms with E-state index < -0.39 is 0 Å². The maximum Gasteiger partial charge on any atom is 0.317 e. The van der Waals surface area contributed by atoms with Crippen molar-refractivity contribution in [2.75, 3.05) is 20.1 Å². The van der Waals surface area contributed by atoms with Crippen LogP contribution in [0.25, 0.3) is 0 Å². The molecule has 1 N–H and O–H groups in total. The Labute approximate surface area is 162 Å². The normalized spacial score (nSPS) is 13.2. The Bertz CT molecular complexity index is 793. The molecule has 0 saturated heterocycles. The van der Waals surface area contributed by atoms with Crippen LogP contribution in [-0.2, 0) is 24.3 Å². The first kappa shape index (κ1) is 18.7. The van der Waals surface area contributed by atoms with E-state index in [-0.39, 0.29) is 11.9 Å². The molecule has 0 saturated carbocycles. The highest BCUT2D eigenvalue weighted by atomic mass is 35.5. The summed E-state index contributed by atoms with van der Waals surface area (Å²) in [5, 5.41) is 5.54. The number of thiophene rings is 1. The third-order valence-electron chi connectivity index (χ3n) is 4.43. The summed E-state index contributed by atoms with van der Waals surface area (Å²) in [6.07, 6.45) is 1.24. The zero-order chi connectivity index (χ0) is 18.5. The minimum absolute atomic E-state index is 0.0830. The lowest BCUT2D eigenvalue weighted by Gasteiger charge is -2.27. The van der Waals surface area contributed by atoms with E-state index in [0.29, 0.717) is 31.1 Å². The Morgan fingerprint density at radius 3 is 3.00 bits per heavy atom. The molecule has 5 nitrogen and oxygen atoms in total. The number of carbonyl (C=O) groups excluding carboxylic acids is 2. The summed E-state index contributed by atoms with van der Waals surface area (Å²) < 4.78 is 0. The SMILES string of the molecule is CN(Cc1cccc(Cl)c1)C(=O)NCCC(=O)N1CCc2sccc2C1. The van der Waals surface area contributed by atoms with E-state index in [9.17, 15) is 9.59 Å². The maximum atomic E-state index is 12.4. The molecule has 1 aliphatic rings. The van der Waals surface area contributed by atoms with Crippen LogP contribution in [-0.4, -0.2) is 41.9 Å². The molecule has 3 rings (SSSR count). The van der Waals surface area contributed by atoms with Crippen molar-refractivity contribution in [1.29, 1.82) is 0 Å². The largest absolute Gasteiger partial charge is 0.338 e. The minimum Gasteiger partial charge on any atom is -0.338 e. The van der Waals surface area contributed by atoms with Gasteiger partial charge in [0.25, 0.3) is 0 Å². The molecule has 3 amide bonds. The highest BCUT2D eigenvalue weighted by Gasteiger charge is 2.21. The van der Waals surface area contributed by atoms with Crippen molar-refractivity contribution in [2.24, 2.45) is 0 Å². The van der Waals surface area contributed by atoms with Gasteiger partial charge in [-0.1, -0.05) is 23.7 Å². The van der Waals surface area contributed by atoms with Crippen molar-refractivity contribution < 1.29 is 9.59 Å². The van der Waals surface area contributed by atoms with Crippen LogP contribution >= 0.6 is 22.9 Å². The molecule has 1 aliphatic heterocycles. The summed E-state index contributed by atoms with van der Waals surface area (Å²) in [5.74, 6) is 0.0830. The number of nitrogens with zero attached hydrogens (tertiary/aromatic N) is 2. The van der Waals surface area contributed by atoms with Crippen molar-refractivity contribution >= 4 is 34.9 Å². The molecule has 0 atom stereocenters. The molecule has 0 aliphatic carbocycles. The molecule has 2 aromatic rings. The number of hydrogen-bond donors (Lipinski definition) is 1. The van der Waals surface area contributed by atoms with Gasteiger partial charge in [0.05, 0.1) is 0 Å². The number of rotatable bonds is 5. The number of benzene rings is 1. The van der Waals surface area contributed by atoms with Gasteiger partial charge in [-0.2, -0.15) is 0 Å². The number of urea groups is 1. The van der Waals surface area contributed by atoms with E-state index in [4.69, 9.17) is 11.6 Å². The highest BCUT2D eigenvalue weighted by Crippen LogP contribution is 2.24. The Morgan fingerprint density at radius 1 is 1.35 bits per heavy atom. The zero-order valence-corrected chi connectivity index (χ0v) is 16.3.